The molecule has 1 fully saturated rings. The lowest BCUT2D eigenvalue weighted by Crippen LogP contribution is -2.43. The Labute approximate surface area is 145 Å². The smallest absolute Gasteiger partial charge is 0.326 e. The van der Waals surface area contributed by atoms with Gasteiger partial charge in [0.2, 0.25) is 0 Å². The second-order valence-corrected chi connectivity index (χ2v) is 5.93. The highest BCUT2D eigenvalue weighted by Crippen LogP contribution is 2.20. The number of ether oxygens (including phenoxy) is 1. The van der Waals surface area contributed by atoms with E-state index in [1.54, 1.807) is 13.8 Å². The Balaban J connectivity index is 1.76. The number of benzene rings is 1. The van der Waals surface area contributed by atoms with Crippen LogP contribution in [0.15, 0.2) is 30.3 Å². The van der Waals surface area contributed by atoms with Gasteiger partial charge in [-0.05, 0) is 18.9 Å². The average Bonchev–Trinajstić information content (AvgIpc) is 2.83. The largest absolute Gasteiger partial charge is 0.454 e. The third-order valence-electron chi connectivity index (χ3n) is 4.04. The van der Waals surface area contributed by atoms with Crippen molar-refractivity contribution in [2.75, 3.05) is 13.2 Å². The molecule has 0 spiro atoms. The first-order chi connectivity index (χ1) is 11.9. The number of rotatable bonds is 7. The molecular formula is C17H21N3O5. The molecule has 1 atom stereocenters. The van der Waals surface area contributed by atoms with Crippen LogP contribution in [-0.4, -0.2) is 47.4 Å². The number of nitrogens with one attached hydrogen (secondary N) is 2. The Bertz CT molecular complexity index is 676. The van der Waals surface area contributed by atoms with Crippen LogP contribution >= 0.6 is 0 Å². The number of urea groups is 1. The predicted octanol–water partition coefficient (Wildman–Crippen LogP) is 0.567. The first kappa shape index (κ1) is 18.4. The van der Waals surface area contributed by atoms with E-state index in [9.17, 15) is 19.2 Å². The molecule has 8 nitrogen and oxygen atoms in total. The van der Waals surface area contributed by atoms with Gasteiger partial charge in [-0.25, -0.2) is 4.79 Å². The predicted molar refractivity (Wildman–Crippen MR) is 88.2 cm³/mol. The summed E-state index contributed by atoms with van der Waals surface area (Å²) in [6.07, 6.45) is 0.408. The van der Waals surface area contributed by atoms with Gasteiger partial charge in [0.05, 0.1) is 0 Å². The van der Waals surface area contributed by atoms with Crippen LogP contribution in [0, 0.1) is 0 Å². The van der Waals surface area contributed by atoms with Gasteiger partial charge in [-0.2, -0.15) is 0 Å². The lowest BCUT2D eigenvalue weighted by molar-refractivity contribution is -0.151. The first-order valence-electron chi connectivity index (χ1n) is 7.96. The number of carbonyl (C=O) groups excluding carboxylic acids is 4. The van der Waals surface area contributed by atoms with Crippen molar-refractivity contribution in [1.29, 1.82) is 0 Å². The maximum absolute atomic E-state index is 12.2. The second kappa shape index (κ2) is 7.78. The molecule has 0 bridgehead atoms. The minimum absolute atomic E-state index is 0.319. The van der Waals surface area contributed by atoms with E-state index >= 15 is 0 Å². The van der Waals surface area contributed by atoms with Crippen LogP contribution in [-0.2, 0) is 25.7 Å². The maximum atomic E-state index is 12.2. The molecule has 2 rings (SSSR count). The molecule has 1 heterocycles. The first-order valence-corrected chi connectivity index (χ1v) is 7.96. The topological polar surface area (TPSA) is 105 Å². The Hall–Kier alpha value is -2.90. The maximum Gasteiger partial charge on any atom is 0.326 e. The van der Waals surface area contributed by atoms with Gasteiger partial charge in [-0.15, -0.1) is 0 Å². The molecule has 0 saturated carbocycles. The van der Waals surface area contributed by atoms with Crippen molar-refractivity contribution in [2.45, 2.75) is 32.4 Å². The third-order valence-corrected chi connectivity index (χ3v) is 4.04. The van der Waals surface area contributed by atoms with Gasteiger partial charge < -0.3 is 15.4 Å². The highest BCUT2D eigenvalue weighted by atomic mass is 16.5. The van der Waals surface area contributed by atoms with Crippen LogP contribution in [0.25, 0.3) is 0 Å². The van der Waals surface area contributed by atoms with Gasteiger partial charge in [0.1, 0.15) is 12.1 Å². The summed E-state index contributed by atoms with van der Waals surface area (Å²) in [5.74, 6) is -1.77. The fourth-order valence-corrected chi connectivity index (χ4v) is 2.30. The summed E-state index contributed by atoms with van der Waals surface area (Å²) in [6, 6.07) is 8.64. The molecule has 1 saturated heterocycles. The van der Waals surface area contributed by atoms with E-state index in [-0.39, 0.29) is 0 Å². The fraction of sp³-hybridized carbons (Fsp3) is 0.412. The lowest BCUT2D eigenvalue weighted by Gasteiger charge is -2.18. The molecule has 1 aliphatic heterocycles. The van der Waals surface area contributed by atoms with Crippen molar-refractivity contribution >= 4 is 23.8 Å². The number of nitrogens with zero attached hydrogens (tertiary/aromatic N) is 1. The van der Waals surface area contributed by atoms with Gasteiger partial charge in [0.25, 0.3) is 11.8 Å². The SMILES string of the molecule is CC[C@@]1(C)NC(=O)N(CC(=O)OCC(=O)NCc2ccccc2)C1=O. The molecule has 2 N–H and O–H groups in total. The van der Waals surface area contributed by atoms with Crippen molar-refractivity contribution in [3.05, 3.63) is 35.9 Å². The fourth-order valence-electron chi connectivity index (χ4n) is 2.30. The molecule has 4 amide bonds. The van der Waals surface area contributed by atoms with E-state index in [0.717, 1.165) is 10.5 Å². The lowest BCUT2D eigenvalue weighted by atomic mass is 9.99. The molecule has 8 heteroatoms. The zero-order valence-electron chi connectivity index (χ0n) is 14.2. The summed E-state index contributed by atoms with van der Waals surface area (Å²) in [6.45, 7) is 2.68. The molecule has 1 aromatic carbocycles. The molecule has 134 valence electrons. The summed E-state index contributed by atoms with van der Waals surface area (Å²) in [5.41, 5.74) is -0.0925. The van der Waals surface area contributed by atoms with E-state index in [2.05, 4.69) is 10.6 Å². The van der Waals surface area contributed by atoms with Crippen LogP contribution in [0.2, 0.25) is 0 Å². The van der Waals surface area contributed by atoms with Crippen LogP contribution in [0.1, 0.15) is 25.8 Å². The minimum atomic E-state index is -1.01. The van der Waals surface area contributed by atoms with Crippen molar-refractivity contribution < 1.29 is 23.9 Å². The molecule has 0 aliphatic carbocycles. The van der Waals surface area contributed by atoms with Gasteiger partial charge in [-0.1, -0.05) is 37.3 Å². The zero-order chi connectivity index (χ0) is 18.4. The van der Waals surface area contributed by atoms with Gasteiger partial charge in [0.15, 0.2) is 6.61 Å². The molecule has 0 radical (unpaired) electrons. The van der Waals surface area contributed by atoms with E-state index < -0.39 is 42.5 Å². The number of hydrogen-bond donors (Lipinski definition) is 2. The summed E-state index contributed by atoms with van der Waals surface area (Å²) in [4.78, 5) is 48.2. The van der Waals surface area contributed by atoms with Gasteiger partial charge in [0, 0.05) is 6.54 Å². The average molecular weight is 347 g/mol. The van der Waals surface area contributed by atoms with Crippen molar-refractivity contribution in [3.63, 3.8) is 0 Å². The molecule has 0 aromatic heterocycles. The normalized spacial score (nSPS) is 19.5. The Morgan fingerprint density at radius 2 is 1.92 bits per heavy atom. The minimum Gasteiger partial charge on any atom is -0.454 e. The van der Waals surface area contributed by atoms with Crippen LogP contribution < -0.4 is 10.6 Å². The summed E-state index contributed by atoms with van der Waals surface area (Å²) in [5, 5.41) is 5.15. The van der Waals surface area contributed by atoms with Crippen LogP contribution in [0.3, 0.4) is 0 Å². The Morgan fingerprint density at radius 3 is 2.52 bits per heavy atom. The molecule has 25 heavy (non-hydrogen) atoms. The highest BCUT2D eigenvalue weighted by molar-refractivity contribution is 6.08. The third kappa shape index (κ3) is 4.56. The van der Waals surface area contributed by atoms with Crippen molar-refractivity contribution in [3.8, 4) is 0 Å². The quantitative estimate of drug-likeness (QED) is 0.554. The van der Waals surface area contributed by atoms with Gasteiger partial charge in [-0.3, -0.25) is 19.3 Å². The Morgan fingerprint density at radius 1 is 1.24 bits per heavy atom. The van der Waals surface area contributed by atoms with Crippen molar-refractivity contribution in [2.24, 2.45) is 0 Å². The standard InChI is InChI=1S/C17H21N3O5/c1-3-17(2)15(23)20(16(24)19-17)10-14(22)25-11-13(21)18-9-12-7-5-4-6-8-12/h4-8H,3,9-11H2,1-2H3,(H,18,21)(H,19,24)/t17-/m1/s1. The summed E-state index contributed by atoms with van der Waals surface area (Å²) in [7, 11) is 0. The van der Waals surface area contributed by atoms with E-state index in [0.29, 0.717) is 13.0 Å². The second-order valence-electron chi connectivity index (χ2n) is 5.93. The summed E-state index contributed by atoms with van der Waals surface area (Å²) >= 11 is 0. The van der Waals surface area contributed by atoms with Crippen molar-refractivity contribution in [1.82, 2.24) is 15.5 Å². The zero-order valence-corrected chi connectivity index (χ0v) is 14.2. The summed E-state index contributed by atoms with van der Waals surface area (Å²) < 4.78 is 4.83. The molecular weight excluding hydrogens is 326 g/mol. The number of carbonyl (C=O) groups is 4. The van der Waals surface area contributed by atoms with E-state index in [1.807, 2.05) is 30.3 Å². The molecule has 1 aromatic rings. The van der Waals surface area contributed by atoms with Gasteiger partial charge >= 0.3 is 12.0 Å². The van der Waals surface area contributed by atoms with E-state index in [4.69, 9.17) is 4.74 Å². The Kier molecular flexibility index (Phi) is 5.74. The number of amides is 4. The number of esters is 1. The van der Waals surface area contributed by atoms with E-state index in [1.165, 1.54) is 0 Å². The number of imide groups is 1. The molecule has 0 unspecified atom stereocenters. The van der Waals surface area contributed by atoms with Crippen LogP contribution in [0.5, 0.6) is 0 Å². The number of hydrogen-bond acceptors (Lipinski definition) is 5. The highest BCUT2D eigenvalue weighted by Gasteiger charge is 2.47. The monoisotopic (exact) mass is 347 g/mol. The molecule has 1 aliphatic rings. The van der Waals surface area contributed by atoms with Crippen LogP contribution in [0.4, 0.5) is 4.79 Å².